The monoisotopic (exact) mass is 422 g/mol. The number of anilines is 1. The molecule has 0 aliphatic rings. The number of carbonyl (C=O) groups excluding carboxylic acids is 1. The fourth-order valence-electron chi connectivity index (χ4n) is 1.75. The number of hydrogen-bond acceptors (Lipinski definition) is 4. The standard InChI is InChI=1S/C13H16Cl2F3N2O4P/c1-3-23-25(22,24-4-2)11(13(16,17)18)20-12(21)19-8-5-6-9(14)10(15)7-8/h5-7,11H,3-4H2,1-2H3,(H2,19,20,21)/t11-/m0/s1. The summed E-state index contributed by atoms with van der Waals surface area (Å²) in [6.07, 6.45) is -5.06. The van der Waals surface area contributed by atoms with Gasteiger partial charge in [-0.25, -0.2) is 4.79 Å². The van der Waals surface area contributed by atoms with E-state index >= 15 is 0 Å². The predicted molar refractivity (Wildman–Crippen MR) is 89.3 cm³/mol. The van der Waals surface area contributed by atoms with E-state index in [1.165, 1.54) is 32.0 Å². The molecule has 1 atom stereocenters. The highest BCUT2D eigenvalue weighted by atomic mass is 35.5. The van der Waals surface area contributed by atoms with Gasteiger partial charge in [0, 0.05) is 5.69 Å². The summed E-state index contributed by atoms with van der Waals surface area (Å²) < 4.78 is 61.5. The smallest absolute Gasteiger partial charge is 0.316 e. The number of amides is 2. The van der Waals surface area contributed by atoms with Crippen molar-refractivity contribution < 1.29 is 31.6 Å². The Kier molecular flexibility index (Phi) is 8.02. The lowest BCUT2D eigenvalue weighted by Gasteiger charge is -2.28. The second kappa shape index (κ2) is 9.09. The minimum atomic E-state index is -5.06. The Balaban J connectivity index is 2.99. The predicted octanol–water partition coefficient (Wildman–Crippen LogP) is 5.27. The number of alkyl halides is 3. The summed E-state index contributed by atoms with van der Waals surface area (Å²) in [5.74, 6) is -2.83. The van der Waals surface area contributed by atoms with E-state index in [4.69, 9.17) is 23.2 Å². The SMILES string of the molecule is CCOP(=O)(OCC)[C@H](NC(=O)Nc1ccc(Cl)c(Cl)c1)C(F)(F)F. The zero-order valence-electron chi connectivity index (χ0n) is 13.2. The van der Waals surface area contributed by atoms with Crippen LogP contribution in [-0.2, 0) is 13.6 Å². The topological polar surface area (TPSA) is 76.7 Å². The van der Waals surface area contributed by atoms with E-state index in [1.807, 2.05) is 0 Å². The first-order chi connectivity index (χ1) is 11.5. The van der Waals surface area contributed by atoms with Gasteiger partial charge in [-0.1, -0.05) is 23.2 Å². The summed E-state index contributed by atoms with van der Waals surface area (Å²) in [7, 11) is -4.67. The maximum atomic E-state index is 13.3. The van der Waals surface area contributed by atoms with Gasteiger partial charge < -0.3 is 19.7 Å². The van der Waals surface area contributed by atoms with Gasteiger partial charge in [0.25, 0.3) is 0 Å². The third-order valence-electron chi connectivity index (χ3n) is 2.69. The summed E-state index contributed by atoms with van der Waals surface area (Å²) in [5, 5.41) is 4.03. The van der Waals surface area contributed by atoms with Gasteiger partial charge in [0.2, 0.25) is 5.78 Å². The number of benzene rings is 1. The fourth-order valence-corrected chi connectivity index (χ4v) is 3.78. The molecule has 0 heterocycles. The molecule has 0 aromatic heterocycles. The van der Waals surface area contributed by atoms with Crippen LogP contribution in [0.25, 0.3) is 0 Å². The van der Waals surface area contributed by atoms with E-state index in [9.17, 15) is 22.5 Å². The highest BCUT2D eigenvalue weighted by Crippen LogP contribution is 2.56. The molecule has 0 saturated heterocycles. The molecule has 0 saturated carbocycles. The van der Waals surface area contributed by atoms with Crippen molar-refractivity contribution in [2.75, 3.05) is 18.5 Å². The van der Waals surface area contributed by atoms with Gasteiger partial charge in [0.05, 0.1) is 23.3 Å². The molecule has 1 aromatic rings. The van der Waals surface area contributed by atoms with Gasteiger partial charge in [-0.15, -0.1) is 0 Å². The molecule has 1 rings (SSSR count). The largest absolute Gasteiger partial charge is 0.420 e. The molecule has 0 spiro atoms. The van der Waals surface area contributed by atoms with Crippen LogP contribution in [0.4, 0.5) is 23.7 Å². The zero-order valence-corrected chi connectivity index (χ0v) is 15.6. The first-order valence-electron chi connectivity index (χ1n) is 7.01. The van der Waals surface area contributed by atoms with Crippen molar-refractivity contribution in [1.29, 1.82) is 0 Å². The van der Waals surface area contributed by atoms with E-state index in [2.05, 4.69) is 14.4 Å². The Hall–Kier alpha value is -0.990. The Morgan fingerprint density at radius 1 is 1.20 bits per heavy atom. The molecular formula is C13H16Cl2F3N2O4P. The molecule has 0 aliphatic heterocycles. The highest BCUT2D eigenvalue weighted by molar-refractivity contribution is 7.54. The average molecular weight is 423 g/mol. The van der Waals surface area contributed by atoms with E-state index < -0.39 is 25.6 Å². The lowest BCUT2D eigenvalue weighted by molar-refractivity contribution is -0.138. The molecule has 12 heteroatoms. The highest BCUT2D eigenvalue weighted by Gasteiger charge is 2.54. The Labute approximate surface area is 152 Å². The van der Waals surface area contributed by atoms with Crippen LogP contribution in [-0.4, -0.2) is 31.2 Å². The Morgan fingerprint density at radius 2 is 1.76 bits per heavy atom. The molecule has 2 N–H and O–H groups in total. The first kappa shape index (κ1) is 22.1. The van der Waals surface area contributed by atoms with Crippen molar-refractivity contribution in [1.82, 2.24) is 5.32 Å². The maximum absolute atomic E-state index is 13.3. The molecule has 142 valence electrons. The summed E-state index contributed by atoms with van der Waals surface area (Å²) in [6, 6.07) is 2.67. The quantitative estimate of drug-likeness (QED) is 0.586. The van der Waals surface area contributed by atoms with E-state index in [0.717, 1.165) is 0 Å². The lowest BCUT2D eigenvalue weighted by Crippen LogP contribution is -2.47. The number of halogens is 5. The second-order valence-corrected chi connectivity index (χ2v) is 7.47. The van der Waals surface area contributed by atoms with Crippen LogP contribution >= 0.6 is 30.8 Å². The second-order valence-electron chi connectivity index (χ2n) is 4.55. The summed E-state index contributed by atoms with van der Waals surface area (Å²) in [4.78, 5) is 11.9. The summed E-state index contributed by atoms with van der Waals surface area (Å²) >= 11 is 11.5. The lowest BCUT2D eigenvalue weighted by atomic mass is 10.3. The van der Waals surface area contributed by atoms with Crippen LogP contribution in [0, 0.1) is 0 Å². The normalized spacial score (nSPS) is 13.4. The van der Waals surface area contributed by atoms with Gasteiger partial charge in [0.15, 0.2) is 0 Å². The number of rotatable bonds is 7. The van der Waals surface area contributed by atoms with Crippen LogP contribution in [0.15, 0.2) is 18.2 Å². The molecule has 6 nitrogen and oxygen atoms in total. The average Bonchev–Trinajstić information content (AvgIpc) is 2.48. The molecule has 0 unspecified atom stereocenters. The molecule has 25 heavy (non-hydrogen) atoms. The molecule has 0 fully saturated rings. The van der Waals surface area contributed by atoms with Gasteiger partial charge in [0.1, 0.15) is 0 Å². The van der Waals surface area contributed by atoms with Crippen LogP contribution in [0.5, 0.6) is 0 Å². The van der Waals surface area contributed by atoms with E-state index in [-0.39, 0.29) is 28.9 Å². The molecule has 1 aromatic carbocycles. The summed E-state index contributed by atoms with van der Waals surface area (Å²) in [6.45, 7) is 2.13. The summed E-state index contributed by atoms with van der Waals surface area (Å²) in [5.41, 5.74) is 0.0930. The fraction of sp³-hybridized carbons (Fsp3) is 0.462. The van der Waals surface area contributed by atoms with E-state index in [0.29, 0.717) is 0 Å². The van der Waals surface area contributed by atoms with Crippen LogP contribution in [0.3, 0.4) is 0 Å². The molecule has 0 radical (unpaired) electrons. The van der Waals surface area contributed by atoms with E-state index in [1.54, 1.807) is 5.32 Å². The third kappa shape index (κ3) is 6.34. The van der Waals surface area contributed by atoms with Gasteiger partial charge in [-0.3, -0.25) is 4.57 Å². The van der Waals surface area contributed by atoms with Crippen LogP contribution in [0.1, 0.15) is 13.8 Å². The van der Waals surface area contributed by atoms with Crippen molar-refractivity contribution in [3.8, 4) is 0 Å². The van der Waals surface area contributed by atoms with Crippen LogP contribution < -0.4 is 10.6 Å². The number of urea groups is 1. The number of nitrogens with one attached hydrogen (secondary N) is 2. The van der Waals surface area contributed by atoms with Crippen LogP contribution in [0.2, 0.25) is 10.0 Å². The zero-order chi connectivity index (χ0) is 19.3. The molecule has 0 aliphatic carbocycles. The Morgan fingerprint density at radius 3 is 2.20 bits per heavy atom. The third-order valence-corrected chi connectivity index (χ3v) is 5.72. The molecule has 2 amide bonds. The Bertz CT molecular complexity index is 651. The first-order valence-corrected chi connectivity index (χ1v) is 9.38. The van der Waals surface area contributed by atoms with Crippen molar-refractivity contribution in [3.63, 3.8) is 0 Å². The van der Waals surface area contributed by atoms with Crippen molar-refractivity contribution in [3.05, 3.63) is 28.2 Å². The minimum Gasteiger partial charge on any atom is -0.316 e. The van der Waals surface area contributed by atoms with Gasteiger partial charge in [-0.05, 0) is 32.0 Å². The van der Waals surface area contributed by atoms with Crippen molar-refractivity contribution in [2.45, 2.75) is 25.8 Å². The van der Waals surface area contributed by atoms with Gasteiger partial charge in [-0.2, -0.15) is 13.2 Å². The number of hydrogen-bond donors (Lipinski definition) is 2. The number of carbonyl (C=O) groups is 1. The molecule has 0 bridgehead atoms. The molecular weight excluding hydrogens is 407 g/mol. The van der Waals surface area contributed by atoms with Gasteiger partial charge >= 0.3 is 19.8 Å². The minimum absolute atomic E-state index is 0.0930. The maximum Gasteiger partial charge on any atom is 0.420 e. The van der Waals surface area contributed by atoms with Crippen molar-refractivity contribution in [2.24, 2.45) is 0 Å². The van der Waals surface area contributed by atoms with Crippen molar-refractivity contribution >= 4 is 42.5 Å².